The molecule has 0 bridgehead atoms. The minimum atomic E-state index is 0.213. The largest absolute Gasteiger partial charge is 0.440 e. The number of aromatic nitrogens is 1. The number of oxazole rings is 1. The van der Waals surface area contributed by atoms with Crippen LogP contribution in [0.2, 0.25) is 0 Å². The van der Waals surface area contributed by atoms with Gasteiger partial charge in [-0.15, -0.1) is 0 Å². The zero-order valence-corrected chi connectivity index (χ0v) is 14.4. The van der Waals surface area contributed by atoms with Crippen LogP contribution in [0, 0.1) is 6.92 Å². The number of amides is 1. The van der Waals surface area contributed by atoms with Crippen LogP contribution in [0.25, 0.3) is 11.1 Å². The van der Waals surface area contributed by atoms with E-state index >= 15 is 0 Å². The van der Waals surface area contributed by atoms with Gasteiger partial charge in [-0.1, -0.05) is 36.4 Å². The molecule has 0 saturated carbocycles. The van der Waals surface area contributed by atoms with Crippen LogP contribution in [0.15, 0.2) is 52.9 Å². The Balaban J connectivity index is 1.39. The molecule has 1 fully saturated rings. The van der Waals surface area contributed by atoms with Gasteiger partial charge in [0, 0.05) is 19.0 Å². The van der Waals surface area contributed by atoms with E-state index in [1.54, 1.807) is 0 Å². The summed E-state index contributed by atoms with van der Waals surface area (Å²) in [6, 6.07) is 16.0. The quantitative estimate of drug-likeness (QED) is 0.725. The molecule has 25 heavy (non-hydrogen) atoms. The van der Waals surface area contributed by atoms with Crippen molar-refractivity contribution in [2.45, 2.75) is 32.1 Å². The van der Waals surface area contributed by atoms with Crippen LogP contribution in [-0.2, 0) is 11.2 Å². The minimum Gasteiger partial charge on any atom is -0.440 e. The molecule has 1 aromatic heterocycles. The van der Waals surface area contributed by atoms with E-state index in [1.807, 2.05) is 47.4 Å². The molecule has 0 atom stereocenters. The molecule has 0 radical (unpaired) electrons. The first kappa shape index (κ1) is 15.9. The van der Waals surface area contributed by atoms with Crippen molar-refractivity contribution in [2.24, 2.45) is 0 Å². The van der Waals surface area contributed by atoms with Crippen molar-refractivity contribution >= 4 is 17.0 Å². The number of carbonyl (C=O) groups is 1. The Kier molecular flexibility index (Phi) is 4.26. The van der Waals surface area contributed by atoms with E-state index in [2.05, 4.69) is 18.0 Å². The van der Waals surface area contributed by atoms with E-state index < -0.39 is 0 Å². The van der Waals surface area contributed by atoms with Gasteiger partial charge in [0.25, 0.3) is 0 Å². The SMILES string of the molecule is Cc1ccccc1CC(=O)N1CCC(c2nc3ccccc3o2)CC1. The van der Waals surface area contributed by atoms with Gasteiger partial charge in [0.15, 0.2) is 11.5 Å². The lowest BCUT2D eigenvalue weighted by atomic mass is 9.96. The molecule has 0 aliphatic carbocycles. The van der Waals surface area contributed by atoms with E-state index in [-0.39, 0.29) is 5.91 Å². The second kappa shape index (κ2) is 6.71. The molecular formula is C21H22N2O2. The summed E-state index contributed by atoms with van der Waals surface area (Å²) in [4.78, 5) is 19.2. The number of fused-ring (bicyclic) bond motifs is 1. The van der Waals surface area contributed by atoms with Gasteiger partial charge in [-0.25, -0.2) is 4.98 Å². The molecule has 2 aromatic carbocycles. The molecule has 0 N–H and O–H groups in total. The summed E-state index contributed by atoms with van der Waals surface area (Å²) in [5, 5.41) is 0. The van der Waals surface area contributed by atoms with Crippen LogP contribution in [0.4, 0.5) is 0 Å². The lowest BCUT2D eigenvalue weighted by Gasteiger charge is -2.30. The third-order valence-corrected chi connectivity index (χ3v) is 5.11. The Hall–Kier alpha value is -2.62. The van der Waals surface area contributed by atoms with E-state index in [0.29, 0.717) is 12.3 Å². The second-order valence-electron chi connectivity index (χ2n) is 6.78. The van der Waals surface area contributed by atoms with Crippen LogP contribution in [-0.4, -0.2) is 28.9 Å². The molecule has 0 spiro atoms. The zero-order valence-electron chi connectivity index (χ0n) is 14.4. The third-order valence-electron chi connectivity index (χ3n) is 5.11. The van der Waals surface area contributed by atoms with Crippen molar-refractivity contribution in [1.29, 1.82) is 0 Å². The molecule has 4 rings (SSSR count). The van der Waals surface area contributed by atoms with Crippen LogP contribution in [0.5, 0.6) is 0 Å². The summed E-state index contributed by atoms with van der Waals surface area (Å²) in [5.41, 5.74) is 4.05. The maximum Gasteiger partial charge on any atom is 0.226 e. The average molecular weight is 334 g/mol. The molecular weight excluding hydrogens is 312 g/mol. The number of carbonyl (C=O) groups excluding carboxylic acids is 1. The van der Waals surface area contributed by atoms with Gasteiger partial charge in [-0.05, 0) is 43.0 Å². The molecule has 1 amide bonds. The molecule has 128 valence electrons. The molecule has 3 aromatic rings. The number of aryl methyl sites for hydroxylation is 1. The van der Waals surface area contributed by atoms with Gasteiger partial charge in [0.05, 0.1) is 6.42 Å². The molecule has 1 aliphatic rings. The Morgan fingerprint density at radius 2 is 1.84 bits per heavy atom. The normalized spacial score (nSPS) is 15.6. The van der Waals surface area contributed by atoms with E-state index in [4.69, 9.17) is 4.42 Å². The van der Waals surface area contributed by atoms with Gasteiger partial charge in [-0.3, -0.25) is 4.79 Å². The van der Waals surface area contributed by atoms with E-state index in [9.17, 15) is 4.79 Å². The minimum absolute atomic E-state index is 0.213. The van der Waals surface area contributed by atoms with E-state index in [1.165, 1.54) is 5.56 Å². The molecule has 1 aliphatic heterocycles. The summed E-state index contributed by atoms with van der Waals surface area (Å²) >= 11 is 0. The number of likely N-dealkylation sites (tertiary alicyclic amines) is 1. The first-order chi connectivity index (χ1) is 12.2. The number of hydrogen-bond donors (Lipinski definition) is 0. The highest BCUT2D eigenvalue weighted by Crippen LogP contribution is 2.30. The zero-order chi connectivity index (χ0) is 17.2. The lowest BCUT2D eigenvalue weighted by Crippen LogP contribution is -2.38. The molecule has 4 heteroatoms. The van der Waals surface area contributed by atoms with Gasteiger partial charge in [0.2, 0.25) is 5.91 Å². The van der Waals surface area contributed by atoms with Crippen LogP contribution in [0.3, 0.4) is 0 Å². The third kappa shape index (κ3) is 3.29. The Morgan fingerprint density at radius 3 is 2.60 bits per heavy atom. The summed E-state index contributed by atoms with van der Waals surface area (Å²) < 4.78 is 5.90. The second-order valence-corrected chi connectivity index (χ2v) is 6.78. The van der Waals surface area contributed by atoms with Crippen LogP contribution < -0.4 is 0 Å². The van der Waals surface area contributed by atoms with E-state index in [0.717, 1.165) is 48.5 Å². The van der Waals surface area contributed by atoms with Crippen molar-refractivity contribution in [1.82, 2.24) is 9.88 Å². The molecule has 4 nitrogen and oxygen atoms in total. The Morgan fingerprint density at radius 1 is 1.12 bits per heavy atom. The summed E-state index contributed by atoms with van der Waals surface area (Å²) in [5.74, 6) is 1.33. The number of nitrogens with zero attached hydrogens (tertiary/aromatic N) is 2. The van der Waals surface area contributed by atoms with Crippen molar-refractivity contribution in [3.63, 3.8) is 0 Å². The van der Waals surface area contributed by atoms with Crippen molar-refractivity contribution in [3.05, 3.63) is 65.5 Å². The fourth-order valence-electron chi connectivity index (χ4n) is 3.52. The highest BCUT2D eigenvalue weighted by molar-refractivity contribution is 5.79. The topological polar surface area (TPSA) is 46.3 Å². The highest BCUT2D eigenvalue weighted by Gasteiger charge is 2.27. The number of hydrogen-bond acceptors (Lipinski definition) is 3. The number of benzene rings is 2. The number of rotatable bonds is 3. The summed E-state index contributed by atoms with van der Waals surface area (Å²) in [6.07, 6.45) is 2.30. The van der Waals surface area contributed by atoms with Gasteiger partial charge in [-0.2, -0.15) is 0 Å². The number of piperidine rings is 1. The van der Waals surface area contributed by atoms with Crippen molar-refractivity contribution in [2.75, 3.05) is 13.1 Å². The predicted molar refractivity (Wildman–Crippen MR) is 97.4 cm³/mol. The van der Waals surface area contributed by atoms with Crippen LogP contribution >= 0.6 is 0 Å². The highest BCUT2D eigenvalue weighted by atomic mass is 16.3. The van der Waals surface area contributed by atoms with Crippen molar-refractivity contribution in [3.8, 4) is 0 Å². The van der Waals surface area contributed by atoms with Gasteiger partial charge in [0.1, 0.15) is 5.52 Å². The summed E-state index contributed by atoms with van der Waals surface area (Å²) in [6.45, 7) is 3.60. The Labute approximate surface area is 147 Å². The van der Waals surface area contributed by atoms with Gasteiger partial charge >= 0.3 is 0 Å². The molecule has 2 heterocycles. The van der Waals surface area contributed by atoms with Crippen molar-refractivity contribution < 1.29 is 9.21 Å². The standard InChI is InChI=1S/C21H22N2O2/c1-15-6-2-3-7-17(15)14-20(24)23-12-10-16(11-13-23)21-22-18-8-4-5-9-19(18)25-21/h2-9,16H,10-14H2,1H3. The molecule has 1 saturated heterocycles. The predicted octanol–water partition coefficient (Wildman–Crippen LogP) is 4.08. The first-order valence-corrected chi connectivity index (χ1v) is 8.88. The Bertz CT molecular complexity index is 859. The maximum absolute atomic E-state index is 12.6. The smallest absolute Gasteiger partial charge is 0.226 e. The molecule has 0 unspecified atom stereocenters. The fraction of sp³-hybridized carbons (Fsp3) is 0.333. The summed E-state index contributed by atoms with van der Waals surface area (Å²) in [7, 11) is 0. The van der Waals surface area contributed by atoms with Crippen LogP contribution in [0.1, 0.15) is 35.8 Å². The lowest BCUT2D eigenvalue weighted by molar-refractivity contribution is -0.131. The fourth-order valence-corrected chi connectivity index (χ4v) is 3.52. The first-order valence-electron chi connectivity index (χ1n) is 8.88. The van der Waals surface area contributed by atoms with Gasteiger partial charge < -0.3 is 9.32 Å². The monoisotopic (exact) mass is 334 g/mol. The maximum atomic E-state index is 12.6. The number of para-hydroxylation sites is 2. The average Bonchev–Trinajstić information content (AvgIpc) is 3.08.